The number of nitrogens with one attached hydrogen (secondary N) is 1. The molecule has 3 nitrogen and oxygen atoms in total. The first-order valence-corrected chi connectivity index (χ1v) is 6.86. The third-order valence-corrected chi connectivity index (χ3v) is 4.67. The molecule has 1 aliphatic carbocycles. The fourth-order valence-corrected chi connectivity index (χ4v) is 3.36. The van der Waals surface area contributed by atoms with E-state index in [9.17, 15) is 0 Å². The van der Waals surface area contributed by atoms with Crippen LogP contribution in [0.25, 0.3) is 0 Å². The number of hydrogen-bond acceptors (Lipinski definition) is 3. The lowest BCUT2D eigenvalue weighted by atomic mass is 9.90. The average molecular weight is 224 g/mol. The molecule has 2 atom stereocenters. The largest absolute Gasteiger partial charge is 0.377 e. The summed E-state index contributed by atoms with van der Waals surface area (Å²) < 4.78 is 5.79. The lowest BCUT2D eigenvalue weighted by Gasteiger charge is -2.46. The fraction of sp³-hybridized carbons (Fsp3) is 1.00. The molecule has 3 fully saturated rings. The standard InChI is InChI=1S/C13H24N2O/c1-13(11-4-5-11)10-14-6-7-15(13)9-12-3-2-8-16-12/h11-12,14H,2-10H2,1H3. The molecular weight excluding hydrogens is 200 g/mol. The summed E-state index contributed by atoms with van der Waals surface area (Å²) in [4.78, 5) is 2.71. The van der Waals surface area contributed by atoms with Crippen LogP contribution in [-0.2, 0) is 4.74 Å². The number of rotatable bonds is 3. The van der Waals surface area contributed by atoms with E-state index >= 15 is 0 Å². The van der Waals surface area contributed by atoms with Crippen molar-refractivity contribution < 1.29 is 4.74 Å². The molecule has 0 spiro atoms. The van der Waals surface area contributed by atoms with Crippen LogP contribution in [0.1, 0.15) is 32.6 Å². The van der Waals surface area contributed by atoms with E-state index in [-0.39, 0.29) is 0 Å². The van der Waals surface area contributed by atoms with Gasteiger partial charge in [-0.05, 0) is 38.5 Å². The molecule has 1 saturated carbocycles. The summed E-state index contributed by atoms with van der Waals surface area (Å²) in [6.45, 7) is 8.11. The maximum absolute atomic E-state index is 5.79. The van der Waals surface area contributed by atoms with Crippen LogP contribution in [0.15, 0.2) is 0 Å². The molecule has 2 heterocycles. The molecule has 0 amide bonds. The van der Waals surface area contributed by atoms with E-state index in [0.717, 1.165) is 25.6 Å². The lowest BCUT2D eigenvalue weighted by Crippen LogP contribution is -2.62. The summed E-state index contributed by atoms with van der Waals surface area (Å²) in [7, 11) is 0. The molecule has 0 aromatic rings. The highest BCUT2D eigenvalue weighted by Crippen LogP contribution is 2.43. The van der Waals surface area contributed by atoms with Gasteiger partial charge in [0, 0.05) is 38.3 Å². The van der Waals surface area contributed by atoms with Crippen molar-refractivity contribution in [2.24, 2.45) is 5.92 Å². The molecule has 2 unspecified atom stereocenters. The Morgan fingerprint density at radius 3 is 2.94 bits per heavy atom. The summed E-state index contributed by atoms with van der Waals surface area (Å²) in [6, 6.07) is 0. The fourth-order valence-electron chi connectivity index (χ4n) is 3.36. The number of piperazine rings is 1. The van der Waals surface area contributed by atoms with E-state index in [1.807, 2.05) is 0 Å². The van der Waals surface area contributed by atoms with Gasteiger partial charge >= 0.3 is 0 Å². The van der Waals surface area contributed by atoms with Crippen LogP contribution in [-0.4, -0.2) is 49.3 Å². The first kappa shape index (κ1) is 11.0. The van der Waals surface area contributed by atoms with Gasteiger partial charge in [-0.15, -0.1) is 0 Å². The van der Waals surface area contributed by atoms with Gasteiger partial charge in [0.2, 0.25) is 0 Å². The van der Waals surface area contributed by atoms with E-state index < -0.39 is 0 Å². The van der Waals surface area contributed by atoms with Gasteiger partial charge in [-0.1, -0.05) is 0 Å². The molecular formula is C13H24N2O. The van der Waals surface area contributed by atoms with Gasteiger partial charge < -0.3 is 10.1 Å². The zero-order chi connectivity index (χ0) is 11.0. The van der Waals surface area contributed by atoms with Gasteiger partial charge in [0.1, 0.15) is 0 Å². The minimum absolute atomic E-state index is 0.407. The monoisotopic (exact) mass is 224 g/mol. The average Bonchev–Trinajstić information content (AvgIpc) is 3.03. The molecule has 16 heavy (non-hydrogen) atoms. The van der Waals surface area contributed by atoms with Crippen molar-refractivity contribution >= 4 is 0 Å². The number of ether oxygens (including phenoxy) is 1. The molecule has 0 aromatic heterocycles. The van der Waals surface area contributed by atoms with Crippen molar-refractivity contribution in [2.75, 3.05) is 32.8 Å². The van der Waals surface area contributed by atoms with Gasteiger partial charge in [0.05, 0.1) is 6.10 Å². The van der Waals surface area contributed by atoms with Gasteiger partial charge in [0.25, 0.3) is 0 Å². The Hall–Kier alpha value is -0.120. The van der Waals surface area contributed by atoms with E-state index in [2.05, 4.69) is 17.1 Å². The normalized spacial score (nSPS) is 41.4. The topological polar surface area (TPSA) is 24.5 Å². The summed E-state index contributed by atoms with van der Waals surface area (Å²) in [6.07, 6.45) is 5.90. The quantitative estimate of drug-likeness (QED) is 0.780. The second kappa shape index (κ2) is 4.28. The van der Waals surface area contributed by atoms with E-state index in [0.29, 0.717) is 11.6 Å². The summed E-state index contributed by atoms with van der Waals surface area (Å²) in [5, 5.41) is 3.57. The van der Waals surface area contributed by atoms with Crippen LogP contribution in [0.4, 0.5) is 0 Å². The minimum Gasteiger partial charge on any atom is -0.377 e. The van der Waals surface area contributed by atoms with Crippen LogP contribution in [0.3, 0.4) is 0 Å². The Morgan fingerprint density at radius 2 is 2.25 bits per heavy atom. The third-order valence-electron chi connectivity index (χ3n) is 4.67. The maximum Gasteiger partial charge on any atom is 0.0703 e. The SMILES string of the molecule is CC1(C2CC2)CNCCN1CC1CCCO1. The van der Waals surface area contributed by atoms with Gasteiger partial charge in [-0.2, -0.15) is 0 Å². The predicted octanol–water partition coefficient (Wildman–Crippen LogP) is 1.24. The second-order valence-corrected chi connectivity index (χ2v) is 5.89. The van der Waals surface area contributed by atoms with Crippen molar-refractivity contribution in [2.45, 2.75) is 44.2 Å². The molecule has 3 rings (SSSR count). The highest BCUT2D eigenvalue weighted by molar-refractivity contribution is 5.03. The van der Waals surface area contributed by atoms with Gasteiger partial charge in [-0.3, -0.25) is 4.90 Å². The number of nitrogens with zero attached hydrogens (tertiary/aromatic N) is 1. The molecule has 0 radical (unpaired) electrons. The van der Waals surface area contributed by atoms with Crippen molar-refractivity contribution in [1.82, 2.24) is 10.2 Å². The van der Waals surface area contributed by atoms with Crippen molar-refractivity contribution in [3.63, 3.8) is 0 Å². The van der Waals surface area contributed by atoms with Crippen LogP contribution < -0.4 is 5.32 Å². The summed E-state index contributed by atoms with van der Waals surface area (Å²) >= 11 is 0. The Morgan fingerprint density at radius 1 is 1.38 bits per heavy atom. The highest BCUT2D eigenvalue weighted by Gasteiger charge is 2.47. The first-order chi connectivity index (χ1) is 7.79. The van der Waals surface area contributed by atoms with Gasteiger partial charge in [-0.25, -0.2) is 0 Å². The van der Waals surface area contributed by atoms with Crippen LogP contribution in [0.2, 0.25) is 0 Å². The molecule has 0 aromatic carbocycles. The minimum atomic E-state index is 0.407. The van der Waals surface area contributed by atoms with Crippen molar-refractivity contribution in [3.8, 4) is 0 Å². The van der Waals surface area contributed by atoms with Crippen LogP contribution in [0.5, 0.6) is 0 Å². The first-order valence-electron chi connectivity index (χ1n) is 6.86. The summed E-state index contributed by atoms with van der Waals surface area (Å²) in [5.74, 6) is 0.932. The van der Waals surface area contributed by atoms with E-state index in [1.54, 1.807) is 0 Å². The molecule has 92 valence electrons. The van der Waals surface area contributed by atoms with Crippen molar-refractivity contribution in [3.05, 3.63) is 0 Å². The lowest BCUT2D eigenvalue weighted by molar-refractivity contribution is 0.00182. The third kappa shape index (κ3) is 2.01. The molecule has 2 aliphatic heterocycles. The van der Waals surface area contributed by atoms with Crippen molar-refractivity contribution in [1.29, 1.82) is 0 Å². The van der Waals surface area contributed by atoms with Gasteiger partial charge in [0.15, 0.2) is 0 Å². The van der Waals surface area contributed by atoms with Crippen LogP contribution in [0, 0.1) is 5.92 Å². The Balaban J connectivity index is 1.65. The number of hydrogen-bond donors (Lipinski definition) is 1. The van der Waals surface area contributed by atoms with E-state index in [4.69, 9.17) is 4.74 Å². The molecule has 2 saturated heterocycles. The van der Waals surface area contributed by atoms with Crippen LogP contribution >= 0.6 is 0 Å². The smallest absolute Gasteiger partial charge is 0.0703 e. The zero-order valence-corrected chi connectivity index (χ0v) is 10.4. The maximum atomic E-state index is 5.79. The molecule has 0 bridgehead atoms. The highest BCUT2D eigenvalue weighted by atomic mass is 16.5. The Bertz CT molecular complexity index is 248. The molecule has 3 aliphatic rings. The Labute approximate surface area is 98.5 Å². The van der Waals surface area contributed by atoms with E-state index in [1.165, 1.54) is 38.8 Å². The molecule has 3 heteroatoms. The summed E-state index contributed by atoms with van der Waals surface area (Å²) in [5.41, 5.74) is 0.407. The molecule has 1 N–H and O–H groups in total. The Kier molecular flexibility index (Phi) is 2.94. The predicted molar refractivity (Wildman–Crippen MR) is 64.5 cm³/mol. The zero-order valence-electron chi connectivity index (χ0n) is 10.4. The second-order valence-electron chi connectivity index (χ2n) is 5.89.